The fourth-order valence-electron chi connectivity index (χ4n) is 2.46. The molecule has 0 aliphatic rings. The zero-order valence-electron chi connectivity index (χ0n) is 15.4. The first-order chi connectivity index (χ1) is 13.1. The Kier molecular flexibility index (Phi) is 8.03. The van der Waals surface area contributed by atoms with E-state index in [1.165, 1.54) is 18.6 Å². The van der Waals surface area contributed by atoms with Crippen LogP contribution in [0.15, 0.2) is 53.6 Å². The molecule has 0 atom stereocenters. The van der Waals surface area contributed by atoms with Crippen LogP contribution in [0.2, 0.25) is 0 Å². The highest BCUT2D eigenvalue weighted by Gasteiger charge is 2.10. The highest BCUT2D eigenvalue weighted by molar-refractivity contribution is 6.36. The molecule has 0 heterocycles. The normalized spacial score (nSPS) is 10.7. The zero-order valence-corrected chi connectivity index (χ0v) is 15.4. The number of nitrogens with one attached hydrogen (secondary N) is 1. The molecule has 0 saturated heterocycles. The third-order valence-electron chi connectivity index (χ3n) is 3.89. The lowest BCUT2D eigenvalue weighted by molar-refractivity contribution is 0.0696. The van der Waals surface area contributed by atoms with Gasteiger partial charge in [0.2, 0.25) is 5.78 Å². The van der Waals surface area contributed by atoms with Crippen molar-refractivity contribution in [2.24, 2.45) is 5.10 Å². The van der Waals surface area contributed by atoms with E-state index in [2.05, 4.69) is 17.5 Å². The summed E-state index contributed by atoms with van der Waals surface area (Å²) in [5, 5.41) is 12.9. The van der Waals surface area contributed by atoms with Gasteiger partial charge in [-0.1, -0.05) is 44.4 Å². The van der Waals surface area contributed by atoms with Crippen molar-refractivity contribution in [3.63, 3.8) is 0 Å². The number of Topliss-reactive ketones (excluding diaryl/α,β-unsaturated/α-hetero) is 1. The van der Waals surface area contributed by atoms with E-state index in [1.54, 1.807) is 30.3 Å². The number of ketones is 1. The van der Waals surface area contributed by atoms with Gasteiger partial charge in [0.15, 0.2) is 0 Å². The molecule has 0 spiro atoms. The maximum Gasteiger partial charge on any atom is 0.335 e. The van der Waals surface area contributed by atoms with Crippen LogP contribution in [0.4, 0.5) is 5.69 Å². The molecule has 0 fully saturated rings. The Morgan fingerprint density at radius 2 is 1.93 bits per heavy atom. The van der Waals surface area contributed by atoms with Crippen LogP contribution in [0.5, 0.6) is 5.75 Å². The lowest BCUT2D eigenvalue weighted by Gasteiger charge is -2.09. The van der Waals surface area contributed by atoms with Gasteiger partial charge in [0, 0.05) is 0 Å². The van der Waals surface area contributed by atoms with Crippen molar-refractivity contribution in [2.75, 3.05) is 12.0 Å². The first-order valence-corrected chi connectivity index (χ1v) is 9.00. The van der Waals surface area contributed by atoms with Gasteiger partial charge in [-0.25, -0.2) is 4.79 Å². The van der Waals surface area contributed by atoms with Crippen LogP contribution in [0.25, 0.3) is 0 Å². The van der Waals surface area contributed by atoms with E-state index in [4.69, 9.17) is 9.84 Å². The topological polar surface area (TPSA) is 88.0 Å². The van der Waals surface area contributed by atoms with E-state index < -0.39 is 5.97 Å². The van der Waals surface area contributed by atoms with Crippen molar-refractivity contribution in [1.29, 1.82) is 0 Å². The molecular formula is C21H24N2O4. The number of hydrogen-bond acceptors (Lipinski definition) is 5. The van der Waals surface area contributed by atoms with Crippen molar-refractivity contribution in [1.82, 2.24) is 0 Å². The quantitative estimate of drug-likeness (QED) is 0.261. The molecule has 2 aromatic carbocycles. The van der Waals surface area contributed by atoms with Crippen molar-refractivity contribution < 1.29 is 19.4 Å². The van der Waals surface area contributed by atoms with Gasteiger partial charge in [0.25, 0.3) is 0 Å². The molecule has 0 aromatic heterocycles. The Bertz CT molecular complexity index is 802. The number of ether oxygens (including phenoxy) is 1. The maximum absolute atomic E-state index is 12.4. The van der Waals surface area contributed by atoms with Gasteiger partial charge in [-0.05, 0) is 36.8 Å². The van der Waals surface area contributed by atoms with E-state index in [-0.39, 0.29) is 11.3 Å². The Hall–Kier alpha value is -3.15. The van der Waals surface area contributed by atoms with Crippen molar-refractivity contribution in [2.45, 2.75) is 32.6 Å². The Labute approximate surface area is 158 Å². The van der Waals surface area contributed by atoms with E-state index in [0.717, 1.165) is 25.5 Å². The van der Waals surface area contributed by atoms with Gasteiger partial charge >= 0.3 is 5.97 Å². The molecule has 2 rings (SSSR count). The predicted molar refractivity (Wildman–Crippen MR) is 106 cm³/mol. The van der Waals surface area contributed by atoms with Gasteiger partial charge < -0.3 is 9.84 Å². The van der Waals surface area contributed by atoms with Crippen LogP contribution in [-0.4, -0.2) is 29.7 Å². The van der Waals surface area contributed by atoms with Crippen molar-refractivity contribution >= 4 is 23.7 Å². The second-order valence-electron chi connectivity index (χ2n) is 6.03. The Morgan fingerprint density at radius 1 is 1.11 bits per heavy atom. The summed E-state index contributed by atoms with van der Waals surface area (Å²) in [5.74, 6) is -0.775. The van der Waals surface area contributed by atoms with Gasteiger partial charge in [0.1, 0.15) is 5.75 Å². The summed E-state index contributed by atoms with van der Waals surface area (Å²) in [6, 6.07) is 13.3. The molecule has 6 heteroatoms. The molecule has 2 aromatic rings. The van der Waals surface area contributed by atoms with Gasteiger partial charge in [0.05, 0.1) is 29.6 Å². The Morgan fingerprint density at radius 3 is 2.70 bits per heavy atom. The summed E-state index contributed by atoms with van der Waals surface area (Å²) in [5.41, 5.74) is 3.74. The van der Waals surface area contributed by atoms with Crippen LogP contribution in [-0.2, 0) is 0 Å². The largest absolute Gasteiger partial charge is 0.493 e. The molecule has 0 aliphatic heterocycles. The van der Waals surface area contributed by atoms with E-state index in [9.17, 15) is 9.59 Å². The number of aromatic carboxylic acids is 1. The summed E-state index contributed by atoms with van der Waals surface area (Å²) in [4.78, 5) is 23.4. The monoisotopic (exact) mass is 368 g/mol. The standard InChI is InChI=1S/C21H24N2O4/c1-2-3-4-7-13-27-20-12-6-5-11-18(20)19(24)15-22-23-17-10-8-9-16(14-17)21(25)26/h5-6,8-12,14-15,23H,2-4,7,13H2,1H3,(H,25,26)/b22-15+. The third-order valence-corrected chi connectivity index (χ3v) is 3.89. The van der Waals surface area contributed by atoms with Crippen LogP contribution in [0.1, 0.15) is 53.3 Å². The van der Waals surface area contributed by atoms with Crippen molar-refractivity contribution in [3.05, 3.63) is 59.7 Å². The molecule has 0 amide bonds. The second-order valence-corrected chi connectivity index (χ2v) is 6.03. The summed E-state index contributed by atoms with van der Waals surface area (Å²) in [6.07, 6.45) is 5.55. The molecule has 0 aliphatic carbocycles. The summed E-state index contributed by atoms with van der Waals surface area (Å²) in [7, 11) is 0. The number of hydrogen-bond donors (Lipinski definition) is 2. The second kappa shape index (κ2) is 10.8. The first-order valence-electron chi connectivity index (χ1n) is 9.00. The van der Waals surface area contributed by atoms with E-state index >= 15 is 0 Å². The average molecular weight is 368 g/mol. The highest BCUT2D eigenvalue weighted by atomic mass is 16.5. The van der Waals surface area contributed by atoms with Crippen molar-refractivity contribution in [3.8, 4) is 5.75 Å². The van der Waals surface area contributed by atoms with Crippen LogP contribution in [0.3, 0.4) is 0 Å². The van der Waals surface area contributed by atoms with Gasteiger partial charge in [-0.3, -0.25) is 10.2 Å². The highest BCUT2D eigenvalue weighted by Crippen LogP contribution is 2.19. The average Bonchev–Trinajstić information content (AvgIpc) is 2.68. The number of nitrogens with zero attached hydrogens (tertiary/aromatic N) is 1. The van der Waals surface area contributed by atoms with Crippen LogP contribution >= 0.6 is 0 Å². The molecule has 0 bridgehead atoms. The minimum atomic E-state index is -1.02. The molecule has 0 unspecified atom stereocenters. The number of carboxylic acids is 1. The maximum atomic E-state index is 12.4. The molecule has 142 valence electrons. The Balaban J connectivity index is 1.96. The third kappa shape index (κ3) is 6.58. The number of carboxylic acid groups (broad SMARTS) is 1. The SMILES string of the molecule is CCCCCCOc1ccccc1C(=O)/C=N/Nc1cccc(C(=O)O)c1. The van der Waals surface area contributed by atoms with Crippen LogP contribution < -0.4 is 10.2 Å². The fraction of sp³-hybridized carbons (Fsp3) is 0.286. The van der Waals surface area contributed by atoms with Gasteiger partial charge in [-0.2, -0.15) is 5.10 Å². The molecule has 27 heavy (non-hydrogen) atoms. The summed E-state index contributed by atoms with van der Waals surface area (Å²) < 4.78 is 5.74. The molecule has 6 nitrogen and oxygen atoms in total. The minimum Gasteiger partial charge on any atom is -0.493 e. The lowest BCUT2D eigenvalue weighted by atomic mass is 10.1. The van der Waals surface area contributed by atoms with Gasteiger partial charge in [-0.15, -0.1) is 0 Å². The van der Waals surface area contributed by atoms with Crippen LogP contribution in [0, 0.1) is 0 Å². The number of hydrazone groups is 1. The number of para-hydroxylation sites is 1. The van der Waals surface area contributed by atoms with E-state index in [0.29, 0.717) is 23.6 Å². The molecule has 0 radical (unpaired) electrons. The number of benzene rings is 2. The molecule has 2 N–H and O–H groups in total. The van der Waals surface area contributed by atoms with E-state index in [1.807, 2.05) is 6.07 Å². The smallest absolute Gasteiger partial charge is 0.335 e. The minimum absolute atomic E-state index is 0.142. The summed E-state index contributed by atoms with van der Waals surface area (Å²) in [6.45, 7) is 2.72. The number of anilines is 1. The predicted octanol–water partition coefficient (Wildman–Crippen LogP) is 4.62. The lowest BCUT2D eigenvalue weighted by Crippen LogP contribution is -2.07. The first kappa shape index (κ1) is 20.2. The number of carbonyl (C=O) groups is 2. The molecular weight excluding hydrogens is 344 g/mol. The summed E-state index contributed by atoms with van der Waals surface area (Å²) >= 11 is 0. The molecule has 0 saturated carbocycles. The number of carbonyl (C=O) groups excluding carboxylic acids is 1. The fourth-order valence-corrected chi connectivity index (χ4v) is 2.46. The number of unbranched alkanes of at least 4 members (excludes halogenated alkanes) is 3. The zero-order chi connectivity index (χ0) is 19.5. The number of rotatable bonds is 11.